The molecule has 0 saturated carbocycles. The van der Waals surface area contributed by atoms with Crippen molar-refractivity contribution in [2.45, 2.75) is 46.1 Å². The first kappa shape index (κ1) is 13.8. The summed E-state index contributed by atoms with van der Waals surface area (Å²) in [5.41, 5.74) is 1.20. The van der Waals surface area contributed by atoms with Gasteiger partial charge in [-0.1, -0.05) is 6.92 Å². The molecular weight excluding hydrogens is 270 g/mol. The Labute approximate surface area is 121 Å². The van der Waals surface area contributed by atoms with Crippen LogP contribution >= 0.6 is 0 Å². The van der Waals surface area contributed by atoms with Crippen LogP contribution in [0.4, 0.5) is 0 Å². The Hall–Kier alpha value is -2.17. The number of aromatic nitrogens is 1. The van der Waals surface area contributed by atoms with E-state index in [4.69, 9.17) is 4.42 Å². The molecule has 0 amide bonds. The van der Waals surface area contributed by atoms with Gasteiger partial charge in [0.25, 0.3) is 5.56 Å². The Morgan fingerprint density at radius 3 is 2.81 bits per heavy atom. The largest absolute Gasteiger partial charge is 0.422 e. The molecule has 0 aromatic carbocycles. The number of rotatable bonds is 2. The van der Waals surface area contributed by atoms with Crippen LogP contribution in [0.1, 0.15) is 47.8 Å². The number of carbonyl (C=O) groups is 1. The molecule has 2 aromatic heterocycles. The maximum Gasteiger partial charge on any atom is 0.336 e. The summed E-state index contributed by atoms with van der Waals surface area (Å²) in [4.78, 5) is 36.7. The molecule has 0 N–H and O–H groups in total. The average Bonchev–Trinajstić information content (AvgIpc) is 2.46. The number of Topliss-reactive ketones (excluding diaryl/α,β-unsaturated/α-hetero) is 1. The topological polar surface area (TPSA) is 69.3 Å². The van der Waals surface area contributed by atoms with Crippen LogP contribution in [0.3, 0.4) is 0 Å². The van der Waals surface area contributed by atoms with Crippen LogP contribution in [0, 0.1) is 6.92 Å². The van der Waals surface area contributed by atoms with Gasteiger partial charge in [0.15, 0.2) is 11.4 Å². The fourth-order valence-corrected chi connectivity index (χ4v) is 3.10. The van der Waals surface area contributed by atoms with Gasteiger partial charge in [-0.15, -0.1) is 0 Å². The number of aryl methyl sites for hydroxylation is 1. The van der Waals surface area contributed by atoms with E-state index in [-0.39, 0.29) is 16.9 Å². The molecule has 0 radical (unpaired) electrons. The van der Waals surface area contributed by atoms with Crippen molar-refractivity contribution >= 4 is 16.8 Å². The van der Waals surface area contributed by atoms with Crippen LogP contribution in [0.25, 0.3) is 11.0 Å². The zero-order valence-corrected chi connectivity index (χ0v) is 12.2. The maximum absolute atomic E-state index is 12.7. The Balaban J connectivity index is 2.57. The zero-order valence-electron chi connectivity index (χ0n) is 12.2. The highest BCUT2D eigenvalue weighted by Gasteiger charge is 2.25. The summed E-state index contributed by atoms with van der Waals surface area (Å²) in [5, 5.41) is 0.358. The molecule has 110 valence electrons. The lowest BCUT2D eigenvalue weighted by Crippen LogP contribution is -2.30. The number of hydrogen-bond acceptors (Lipinski definition) is 4. The van der Waals surface area contributed by atoms with Crippen molar-refractivity contribution in [3.63, 3.8) is 0 Å². The van der Waals surface area contributed by atoms with Gasteiger partial charge in [-0.3, -0.25) is 9.59 Å². The zero-order chi connectivity index (χ0) is 15.1. The standard InChI is InChI=1S/C16H17NO4/c1-3-11(18)14-10-6-4-5-7-17(10)16(20)13-9(2)8-12(19)21-15(13)14/h8H,3-7H2,1-2H3. The highest BCUT2D eigenvalue weighted by Crippen LogP contribution is 2.26. The normalized spacial score (nSPS) is 14.2. The molecule has 3 rings (SSSR count). The van der Waals surface area contributed by atoms with Crippen LogP contribution in [0.5, 0.6) is 0 Å². The molecule has 5 nitrogen and oxygen atoms in total. The van der Waals surface area contributed by atoms with E-state index in [2.05, 4.69) is 0 Å². The SMILES string of the molecule is CCC(=O)c1c2n(c(=O)c3c(C)cc(=O)oc13)CCCC2. The minimum Gasteiger partial charge on any atom is -0.422 e. The minimum atomic E-state index is -0.523. The molecule has 21 heavy (non-hydrogen) atoms. The predicted molar refractivity (Wildman–Crippen MR) is 79.0 cm³/mol. The highest BCUT2D eigenvalue weighted by molar-refractivity contribution is 6.07. The molecule has 3 heterocycles. The van der Waals surface area contributed by atoms with E-state index >= 15 is 0 Å². The summed E-state index contributed by atoms with van der Waals surface area (Å²) in [6, 6.07) is 1.31. The van der Waals surface area contributed by atoms with Crippen molar-refractivity contribution in [3.8, 4) is 0 Å². The van der Waals surface area contributed by atoms with E-state index in [1.165, 1.54) is 6.07 Å². The van der Waals surface area contributed by atoms with Gasteiger partial charge in [0.1, 0.15) is 0 Å². The molecule has 1 aliphatic rings. The number of carbonyl (C=O) groups excluding carboxylic acids is 1. The number of nitrogens with zero attached hydrogens (tertiary/aromatic N) is 1. The number of pyridine rings is 1. The van der Waals surface area contributed by atoms with Crippen LogP contribution < -0.4 is 11.2 Å². The lowest BCUT2D eigenvalue weighted by Gasteiger charge is -2.22. The second-order valence-corrected chi connectivity index (χ2v) is 5.46. The molecule has 0 bridgehead atoms. The lowest BCUT2D eigenvalue weighted by molar-refractivity contribution is 0.0986. The van der Waals surface area contributed by atoms with Gasteiger partial charge in [0.2, 0.25) is 0 Å². The number of ketones is 1. The van der Waals surface area contributed by atoms with Gasteiger partial charge in [-0.05, 0) is 31.7 Å². The molecule has 1 aliphatic heterocycles. The van der Waals surface area contributed by atoms with Crippen molar-refractivity contribution in [2.24, 2.45) is 0 Å². The van der Waals surface area contributed by atoms with Gasteiger partial charge < -0.3 is 8.98 Å². The van der Waals surface area contributed by atoms with Crippen molar-refractivity contribution in [1.29, 1.82) is 0 Å². The fourth-order valence-electron chi connectivity index (χ4n) is 3.10. The molecule has 0 aliphatic carbocycles. The summed E-state index contributed by atoms with van der Waals surface area (Å²) in [7, 11) is 0. The Morgan fingerprint density at radius 2 is 2.10 bits per heavy atom. The Bertz CT molecular complexity index is 857. The van der Waals surface area contributed by atoms with E-state index in [1.807, 2.05) is 0 Å². The molecule has 0 saturated heterocycles. The van der Waals surface area contributed by atoms with Gasteiger partial charge in [-0.2, -0.15) is 0 Å². The van der Waals surface area contributed by atoms with Gasteiger partial charge >= 0.3 is 5.63 Å². The third-order valence-electron chi connectivity index (χ3n) is 4.10. The summed E-state index contributed by atoms with van der Waals surface area (Å²) < 4.78 is 6.94. The van der Waals surface area contributed by atoms with Crippen molar-refractivity contribution in [1.82, 2.24) is 4.57 Å². The first-order valence-electron chi connectivity index (χ1n) is 7.28. The Morgan fingerprint density at radius 1 is 1.33 bits per heavy atom. The molecule has 0 atom stereocenters. The molecular formula is C16H17NO4. The third-order valence-corrected chi connectivity index (χ3v) is 4.10. The van der Waals surface area contributed by atoms with Crippen molar-refractivity contribution in [3.05, 3.63) is 43.7 Å². The van der Waals surface area contributed by atoms with E-state index in [0.717, 1.165) is 18.5 Å². The molecule has 0 spiro atoms. The van der Waals surface area contributed by atoms with E-state index in [9.17, 15) is 14.4 Å². The molecule has 0 fully saturated rings. The number of hydrogen-bond donors (Lipinski definition) is 0. The van der Waals surface area contributed by atoms with Crippen LogP contribution in [0.15, 0.2) is 20.1 Å². The van der Waals surface area contributed by atoms with Crippen molar-refractivity contribution < 1.29 is 9.21 Å². The van der Waals surface area contributed by atoms with E-state index in [0.29, 0.717) is 35.9 Å². The maximum atomic E-state index is 12.7. The predicted octanol–water partition coefficient (Wildman–Crippen LogP) is 2.19. The van der Waals surface area contributed by atoms with Gasteiger partial charge in [-0.25, -0.2) is 4.79 Å². The highest BCUT2D eigenvalue weighted by atomic mass is 16.4. The van der Waals surface area contributed by atoms with Crippen LogP contribution in [0.2, 0.25) is 0 Å². The first-order valence-corrected chi connectivity index (χ1v) is 7.28. The fraction of sp³-hybridized carbons (Fsp3) is 0.438. The number of fused-ring (bicyclic) bond motifs is 2. The average molecular weight is 287 g/mol. The quantitative estimate of drug-likeness (QED) is 0.794. The Kier molecular flexibility index (Phi) is 3.27. The summed E-state index contributed by atoms with van der Waals surface area (Å²) in [5.74, 6) is -0.0839. The molecule has 5 heteroatoms. The third kappa shape index (κ3) is 2.04. The van der Waals surface area contributed by atoms with Crippen molar-refractivity contribution in [2.75, 3.05) is 0 Å². The second-order valence-electron chi connectivity index (χ2n) is 5.46. The van der Waals surface area contributed by atoms with Crippen LogP contribution in [-0.4, -0.2) is 10.4 Å². The summed E-state index contributed by atoms with van der Waals surface area (Å²) >= 11 is 0. The first-order chi connectivity index (χ1) is 10.0. The summed E-state index contributed by atoms with van der Waals surface area (Å²) in [6.07, 6.45) is 2.85. The molecule has 0 unspecified atom stereocenters. The minimum absolute atomic E-state index is 0.0839. The second kappa shape index (κ2) is 4.98. The van der Waals surface area contributed by atoms with Gasteiger partial charge in [0.05, 0.1) is 10.9 Å². The smallest absolute Gasteiger partial charge is 0.336 e. The van der Waals surface area contributed by atoms with E-state index in [1.54, 1.807) is 18.4 Å². The lowest BCUT2D eigenvalue weighted by atomic mass is 9.96. The van der Waals surface area contributed by atoms with E-state index < -0.39 is 5.63 Å². The summed E-state index contributed by atoms with van der Waals surface area (Å²) in [6.45, 7) is 4.09. The molecule has 2 aromatic rings. The monoisotopic (exact) mass is 287 g/mol. The van der Waals surface area contributed by atoms with Gasteiger partial charge in [0, 0.05) is 24.7 Å². The van der Waals surface area contributed by atoms with Crippen LogP contribution in [-0.2, 0) is 13.0 Å².